The van der Waals surface area contributed by atoms with Crippen molar-refractivity contribution in [1.29, 1.82) is 0 Å². The Morgan fingerprint density at radius 1 is 1.40 bits per heavy atom. The molecular formula is C12H13BrFN. The predicted molar refractivity (Wildman–Crippen MR) is 64.5 cm³/mol. The maximum absolute atomic E-state index is 13.4. The van der Waals surface area contributed by atoms with Gasteiger partial charge in [-0.1, -0.05) is 28.1 Å². The number of benzene rings is 1. The van der Waals surface area contributed by atoms with E-state index in [0.717, 1.165) is 17.3 Å². The van der Waals surface area contributed by atoms with E-state index >= 15 is 0 Å². The minimum Gasteiger partial charge on any atom is -0.376 e. The first-order valence-electron chi connectivity index (χ1n) is 5.14. The first-order valence-corrected chi connectivity index (χ1v) is 5.93. The smallest absolute Gasteiger partial charge is 0.146 e. The van der Waals surface area contributed by atoms with Gasteiger partial charge in [0.15, 0.2) is 0 Å². The van der Waals surface area contributed by atoms with Gasteiger partial charge < -0.3 is 5.32 Å². The predicted octanol–water partition coefficient (Wildman–Crippen LogP) is 4.11. The van der Waals surface area contributed by atoms with Crippen LogP contribution in [0.25, 0.3) is 0 Å². The maximum Gasteiger partial charge on any atom is 0.146 e. The molecule has 0 spiro atoms. The first kappa shape index (κ1) is 10.7. The van der Waals surface area contributed by atoms with Gasteiger partial charge in [0.25, 0.3) is 0 Å². The molecule has 80 valence electrons. The number of rotatable bonds is 2. The van der Waals surface area contributed by atoms with Crippen LogP contribution in [0.2, 0.25) is 0 Å². The summed E-state index contributed by atoms with van der Waals surface area (Å²) in [5.41, 5.74) is 0.570. The van der Waals surface area contributed by atoms with Crippen molar-refractivity contribution in [2.24, 2.45) is 0 Å². The fraction of sp³-hybridized carbons (Fsp3) is 0.333. The second-order valence-electron chi connectivity index (χ2n) is 3.73. The number of hydrogen-bond donors (Lipinski definition) is 1. The topological polar surface area (TPSA) is 12.0 Å². The second-order valence-corrected chi connectivity index (χ2v) is 4.65. The normalized spacial score (nSPS) is 20.3. The zero-order valence-electron chi connectivity index (χ0n) is 8.34. The Balaban J connectivity index is 2.12. The molecule has 1 atom stereocenters. The minimum atomic E-state index is -0.197. The van der Waals surface area contributed by atoms with Crippen molar-refractivity contribution in [3.8, 4) is 0 Å². The van der Waals surface area contributed by atoms with E-state index in [4.69, 9.17) is 0 Å². The molecule has 0 bridgehead atoms. The summed E-state index contributed by atoms with van der Waals surface area (Å²) in [5, 5.41) is 3.20. The van der Waals surface area contributed by atoms with Crippen molar-refractivity contribution < 1.29 is 4.39 Å². The van der Waals surface area contributed by atoms with Crippen LogP contribution in [0.15, 0.2) is 34.8 Å². The number of anilines is 1. The molecule has 0 saturated heterocycles. The quantitative estimate of drug-likeness (QED) is 0.797. The van der Waals surface area contributed by atoms with Crippen LogP contribution in [0.3, 0.4) is 0 Å². The van der Waals surface area contributed by atoms with Crippen molar-refractivity contribution in [2.45, 2.75) is 25.3 Å². The van der Waals surface area contributed by atoms with E-state index in [1.165, 1.54) is 12.5 Å². The number of allylic oxidation sites excluding steroid dienone is 1. The summed E-state index contributed by atoms with van der Waals surface area (Å²) in [6.07, 6.45) is 7.65. The zero-order chi connectivity index (χ0) is 10.7. The summed E-state index contributed by atoms with van der Waals surface area (Å²) in [6.45, 7) is 0. The molecule has 0 aliphatic heterocycles. The summed E-state index contributed by atoms with van der Waals surface area (Å²) >= 11 is 3.34. The molecule has 1 aromatic rings. The Kier molecular flexibility index (Phi) is 3.41. The molecular weight excluding hydrogens is 257 g/mol. The molecule has 1 unspecified atom stereocenters. The van der Waals surface area contributed by atoms with Crippen LogP contribution in [0.4, 0.5) is 10.1 Å². The van der Waals surface area contributed by atoms with Gasteiger partial charge >= 0.3 is 0 Å². The van der Waals surface area contributed by atoms with Gasteiger partial charge in [-0.25, -0.2) is 4.39 Å². The lowest BCUT2D eigenvalue weighted by molar-refractivity contribution is 0.620. The van der Waals surface area contributed by atoms with Gasteiger partial charge in [-0.3, -0.25) is 0 Å². The van der Waals surface area contributed by atoms with Crippen LogP contribution >= 0.6 is 15.9 Å². The third-order valence-corrected chi connectivity index (χ3v) is 3.02. The van der Waals surface area contributed by atoms with Crippen LogP contribution < -0.4 is 5.32 Å². The van der Waals surface area contributed by atoms with E-state index < -0.39 is 0 Å². The van der Waals surface area contributed by atoms with Gasteiger partial charge in [-0.15, -0.1) is 0 Å². The van der Waals surface area contributed by atoms with E-state index in [0.29, 0.717) is 5.69 Å². The van der Waals surface area contributed by atoms with E-state index in [1.807, 2.05) is 0 Å². The standard InChI is InChI=1S/C12H13BrFN/c13-9-6-7-11(14)12(8-9)15-10-4-2-1-3-5-10/h2,4,6-8,10,15H,1,3,5H2. The van der Waals surface area contributed by atoms with Crippen LogP contribution in [0.1, 0.15) is 19.3 Å². The molecule has 0 fully saturated rings. The van der Waals surface area contributed by atoms with Crippen molar-refractivity contribution >= 4 is 21.6 Å². The molecule has 1 aliphatic rings. The fourth-order valence-corrected chi connectivity index (χ4v) is 2.10. The Labute approximate surface area is 97.5 Å². The molecule has 1 N–H and O–H groups in total. The lowest BCUT2D eigenvalue weighted by Crippen LogP contribution is -2.19. The zero-order valence-corrected chi connectivity index (χ0v) is 9.93. The van der Waals surface area contributed by atoms with Crippen LogP contribution in [-0.4, -0.2) is 6.04 Å². The molecule has 1 aliphatic carbocycles. The number of halogens is 2. The van der Waals surface area contributed by atoms with Gasteiger partial charge in [0.05, 0.1) is 5.69 Å². The fourth-order valence-electron chi connectivity index (χ4n) is 1.74. The third-order valence-electron chi connectivity index (χ3n) is 2.52. The maximum atomic E-state index is 13.4. The molecule has 15 heavy (non-hydrogen) atoms. The highest BCUT2D eigenvalue weighted by atomic mass is 79.9. The van der Waals surface area contributed by atoms with Crippen molar-refractivity contribution in [3.63, 3.8) is 0 Å². The first-order chi connectivity index (χ1) is 7.25. The van der Waals surface area contributed by atoms with E-state index in [1.54, 1.807) is 12.1 Å². The Morgan fingerprint density at radius 2 is 2.27 bits per heavy atom. The number of hydrogen-bond acceptors (Lipinski definition) is 1. The highest BCUT2D eigenvalue weighted by molar-refractivity contribution is 9.10. The summed E-state index contributed by atoms with van der Waals surface area (Å²) < 4.78 is 14.3. The summed E-state index contributed by atoms with van der Waals surface area (Å²) in [6, 6.07) is 5.22. The molecule has 2 rings (SSSR count). The third kappa shape index (κ3) is 2.81. The Bertz CT molecular complexity index is 376. The van der Waals surface area contributed by atoms with E-state index in [2.05, 4.69) is 33.4 Å². The average molecular weight is 270 g/mol. The molecule has 0 aromatic heterocycles. The van der Waals surface area contributed by atoms with Crippen LogP contribution in [0.5, 0.6) is 0 Å². The molecule has 0 saturated carbocycles. The molecule has 0 radical (unpaired) electrons. The van der Waals surface area contributed by atoms with Gasteiger partial charge in [-0.05, 0) is 37.5 Å². The Hall–Kier alpha value is -0.830. The van der Waals surface area contributed by atoms with Gasteiger partial charge in [-0.2, -0.15) is 0 Å². The lowest BCUT2D eigenvalue weighted by Gasteiger charge is -2.19. The Morgan fingerprint density at radius 3 is 3.00 bits per heavy atom. The highest BCUT2D eigenvalue weighted by Crippen LogP contribution is 2.23. The van der Waals surface area contributed by atoms with Crippen molar-refractivity contribution in [2.75, 3.05) is 5.32 Å². The summed E-state index contributed by atoms with van der Waals surface area (Å²) in [5.74, 6) is -0.197. The van der Waals surface area contributed by atoms with Gasteiger partial charge in [0, 0.05) is 10.5 Å². The van der Waals surface area contributed by atoms with Crippen molar-refractivity contribution in [3.05, 3.63) is 40.6 Å². The molecule has 0 heterocycles. The minimum absolute atomic E-state index is 0.197. The van der Waals surface area contributed by atoms with Gasteiger partial charge in [0.1, 0.15) is 5.82 Å². The molecule has 0 amide bonds. The molecule has 1 aromatic carbocycles. The number of nitrogens with one attached hydrogen (secondary N) is 1. The largest absolute Gasteiger partial charge is 0.376 e. The lowest BCUT2D eigenvalue weighted by atomic mass is 10.0. The average Bonchev–Trinajstić information content (AvgIpc) is 2.25. The van der Waals surface area contributed by atoms with Crippen molar-refractivity contribution in [1.82, 2.24) is 0 Å². The van der Waals surface area contributed by atoms with E-state index in [9.17, 15) is 4.39 Å². The summed E-state index contributed by atoms with van der Waals surface area (Å²) in [7, 11) is 0. The van der Waals surface area contributed by atoms with Crippen LogP contribution in [0, 0.1) is 5.82 Å². The molecule has 1 nitrogen and oxygen atoms in total. The van der Waals surface area contributed by atoms with Crippen LogP contribution in [-0.2, 0) is 0 Å². The monoisotopic (exact) mass is 269 g/mol. The van der Waals surface area contributed by atoms with Gasteiger partial charge in [0.2, 0.25) is 0 Å². The van der Waals surface area contributed by atoms with E-state index in [-0.39, 0.29) is 11.9 Å². The highest BCUT2D eigenvalue weighted by Gasteiger charge is 2.10. The second kappa shape index (κ2) is 4.79. The molecule has 3 heteroatoms. The SMILES string of the molecule is Fc1ccc(Br)cc1NC1C=CCCC1. The summed E-state index contributed by atoms with van der Waals surface area (Å²) in [4.78, 5) is 0.